The van der Waals surface area contributed by atoms with Crippen molar-refractivity contribution in [1.82, 2.24) is 4.98 Å². The Hall–Kier alpha value is -0.480. The summed E-state index contributed by atoms with van der Waals surface area (Å²) in [5.41, 5.74) is 0.756. The van der Waals surface area contributed by atoms with E-state index in [4.69, 9.17) is 34.8 Å². The topological polar surface area (TPSA) is 24.9 Å². The fraction of sp³-hybridized carbons (Fsp3) is 0.100. The Kier molecular flexibility index (Phi) is 3.92. The Morgan fingerprint density at radius 2 is 1.88 bits per heavy atom. The summed E-state index contributed by atoms with van der Waals surface area (Å²) in [5.74, 6) is 0. The highest BCUT2D eigenvalue weighted by Gasteiger charge is 2.06. The van der Waals surface area contributed by atoms with E-state index in [1.807, 2.05) is 5.38 Å². The number of nitrogens with zero attached hydrogens (tertiary/aromatic N) is 1. The second-order valence-electron chi connectivity index (χ2n) is 3.03. The normalized spacial score (nSPS) is 10.4. The van der Waals surface area contributed by atoms with Gasteiger partial charge < -0.3 is 5.32 Å². The maximum absolute atomic E-state index is 6.02. The molecule has 0 aliphatic carbocycles. The molecule has 0 aliphatic heterocycles. The second kappa shape index (κ2) is 5.23. The number of benzene rings is 1. The average molecular weight is 294 g/mol. The van der Waals surface area contributed by atoms with E-state index in [-0.39, 0.29) is 0 Å². The monoisotopic (exact) mass is 292 g/mol. The summed E-state index contributed by atoms with van der Waals surface area (Å²) in [5, 5.41) is 7.55. The molecule has 0 aliphatic rings. The molecular formula is C10H7Cl3N2S. The molecule has 2 rings (SSSR count). The molecule has 0 saturated heterocycles. The van der Waals surface area contributed by atoms with Crippen molar-refractivity contribution in [2.45, 2.75) is 6.54 Å². The van der Waals surface area contributed by atoms with Gasteiger partial charge in [0.2, 0.25) is 0 Å². The van der Waals surface area contributed by atoms with Crippen molar-refractivity contribution in [1.29, 1.82) is 0 Å². The number of halogens is 3. The number of hydrogen-bond acceptors (Lipinski definition) is 3. The van der Waals surface area contributed by atoms with Gasteiger partial charge in [-0.1, -0.05) is 34.8 Å². The first-order valence-electron chi connectivity index (χ1n) is 4.43. The van der Waals surface area contributed by atoms with E-state index in [1.165, 1.54) is 0 Å². The smallest absolute Gasteiger partial charge is 0.112 e. The molecule has 0 spiro atoms. The minimum absolute atomic E-state index is 0.450. The Morgan fingerprint density at radius 3 is 2.56 bits per heavy atom. The van der Waals surface area contributed by atoms with Gasteiger partial charge in [0, 0.05) is 11.6 Å². The molecule has 1 N–H and O–H groups in total. The van der Waals surface area contributed by atoms with Crippen LogP contribution in [-0.4, -0.2) is 4.98 Å². The highest BCUT2D eigenvalue weighted by atomic mass is 35.5. The molecule has 0 amide bonds. The number of hydrogen-bond donors (Lipinski definition) is 1. The molecule has 2 aromatic rings. The van der Waals surface area contributed by atoms with Gasteiger partial charge in [-0.05, 0) is 12.1 Å². The second-order valence-corrected chi connectivity index (χ2v) is 5.23. The van der Waals surface area contributed by atoms with E-state index in [9.17, 15) is 0 Å². The molecule has 0 radical (unpaired) electrons. The predicted molar refractivity (Wildman–Crippen MR) is 70.9 cm³/mol. The number of thiazole rings is 1. The number of anilines is 1. The molecule has 1 aromatic heterocycles. The maximum Gasteiger partial charge on any atom is 0.112 e. The van der Waals surface area contributed by atoms with Gasteiger partial charge in [0.05, 0.1) is 27.3 Å². The van der Waals surface area contributed by atoms with Crippen LogP contribution in [0.4, 0.5) is 5.69 Å². The van der Waals surface area contributed by atoms with Crippen LogP contribution >= 0.6 is 46.1 Å². The van der Waals surface area contributed by atoms with Crippen molar-refractivity contribution in [2.75, 3.05) is 5.32 Å². The molecule has 6 heteroatoms. The molecule has 1 aromatic carbocycles. The van der Waals surface area contributed by atoms with Gasteiger partial charge in [0.1, 0.15) is 5.01 Å². The third-order valence-electron chi connectivity index (χ3n) is 1.92. The van der Waals surface area contributed by atoms with Gasteiger partial charge in [-0.2, -0.15) is 0 Å². The van der Waals surface area contributed by atoms with E-state index in [1.54, 1.807) is 29.7 Å². The van der Waals surface area contributed by atoms with Crippen LogP contribution in [0.5, 0.6) is 0 Å². The summed E-state index contributed by atoms with van der Waals surface area (Å²) >= 11 is 19.3. The van der Waals surface area contributed by atoms with Crippen LogP contribution in [0, 0.1) is 0 Å². The molecule has 0 atom stereocenters. The summed E-state index contributed by atoms with van der Waals surface area (Å²) in [6, 6.07) is 3.33. The van der Waals surface area contributed by atoms with E-state index in [0.29, 0.717) is 21.6 Å². The van der Waals surface area contributed by atoms with Gasteiger partial charge in [0.15, 0.2) is 0 Å². The van der Waals surface area contributed by atoms with Crippen LogP contribution in [0.1, 0.15) is 5.01 Å². The van der Waals surface area contributed by atoms with Gasteiger partial charge in [-0.15, -0.1) is 11.3 Å². The van der Waals surface area contributed by atoms with Crippen molar-refractivity contribution in [3.8, 4) is 0 Å². The number of nitrogens with one attached hydrogen (secondary N) is 1. The van der Waals surface area contributed by atoms with Crippen LogP contribution in [0.15, 0.2) is 23.7 Å². The fourth-order valence-corrected chi connectivity index (χ4v) is 2.34. The van der Waals surface area contributed by atoms with Crippen molar-refractivity contribution in [3.05, 3.63) is 43.8 Å². The van der Waals surface area contributed by atoms with Crippen LogP contribution in [0.25, 0.3) is 0 Å². The van der Waals surface area contributed by atoms with Gasteiger partial charge >= 0.3 is 0 Å². The molecule has 1 heterocycles. The van der Waals surface area contributed by atoms with Crippen LogP contribution in [0.3, 0.4) is 0 Å². The highest BCUT2D eigenvalue weighted by molar-refractivity contribution is 7.09. The van der Waals surface area contributed by atoms with Crippen molar-refractivity contribution in [3.63, 3.8) is 0 Å². The molecule has 0 fully saturated rings. The third kappa shape index (κ3) is 2.80. The summed E-state index contributed by atoms with van der Waals surface area (Å²) in [4.78, 5) is 4.15. The summed E-state index contributed by atoms with van der Waals surface area (Å²) in [7, 11) is 0. The molecule has 16 heavy (non-hydrogen) atoms. The zero-order valence-electron chi connectivity index (χ0n) is 8.01. The highest BCUT2D eigenvalue weighted by Crippen LogP contribution is 2.32. The van der Waals surface area contributed by atoms with Crippen LogP contribution in [-0.2, 0) is 6.54 Å². The summed E-state index contributed by atoms with van der Waals surface area (Å²) in [6.07, 6.45) is 1.76. The Balaban J connectivity index is 2.12. The van der Waals surface area contributed by atoms with E-state index < -0.39 is 0 Å². The zero-order valence-corrected chi connectivity index (χ0v) is 11.1. The molecule has 84 valence electrons. The molecule has 0 unspecified atom stereocenters. The lowest BCUT2D eigenvalue weighted by Gasteiger charge is -2.08. The van der Waals surface area contributed by atoms with E-state index >= 15 is 0 Å². The van der Waals surface area contributed by atoms with E-state index in [2.05, 4.69) is 10.3 Å². The molecule has 0 bridgehead atoms. The first kappa shape index (κ1) is 12.0. The van der Waals surface area contributed by atoms with Crippen molar-refractivity contribution in [2.24, 2.45) is 0 Å². The quantitative estimate of drug-likeness (QED) is 0.829. The van der Waals surface area contributed by atoms with E-state index in [0.717, 1.165) is 10.7 Å². The lowest BCUT2D eigenvalue weighted by Crippen LogP contribution is -1.99. The Bertz CT molecular complexity index is 485. The Labute approximate surface area is 112 Å². The standard InChI is InChI=1S/C10H7Cl3N2S/c11-6-3-8(13)9(4-7(6)12)15-5-10-14-1-2-16-10/h1-4,15H,5H2. The SMILES string of the molecule is Clc1cc(Cl)c(NCc2nccs2)cc1Cl. The number of rotatable bonds is 3. The molecular weight excluding hydrogens is 287 g/mol. The first-order valence-corrected chi connectivity index (χ1v) is 6.45. The van der Waals surface area contributed by atoms with Crippen LogP contribution in [0.2, 0.25) is 15.1 Å². The van der Waals surface area contributed by atoms with Crippen molar-refractivity contribution >= 4 is 51.8 Å². The van der Waals surface area contributed by atoms with Crippen molar-refractivity contribution < 1.29 is 0 Å². The van der Waals surface area contributed by atoms with Gasteiger partial charge in [-0.25, -0.2) is 4.98 Å². The maximum atomic E-state index is 6.02. The summed E-state index contributed by atoms with van der Waals surface area (Å²) in [6.45, 7) is 0.620. The minimum Gasteiger partial charge on any atom is -0.377 e. The molecule has 2 nitrogen and oxygen atoms in total. The summed E-state index contributed by atoms with van der Waals surface area (Å²) < 4.78 is 0. The lowest BCUT2D eigenvalue weighted by molar-refractivity contribution is 1.10. The largest absolute Gasteiger partial charge is 0.377 e. The molecule has 0 saturated carbocycles. The average Bonchev–Trinajstić information content (AvgIpc) is 2.74. The first-order chi connectivity index (χ1) is 7.66. The zero-order chi connectivity index (χ0) is 11.5. The fourth-order valence-electron chi connectivity index (χ4n) is 1.17. The third-order valence-corrected chi connectivity index (χ3v) is 3.74. The number of aromatic nitrogens is 1. The Morgan fingerprint density at radius 1 is 1.12 bits per heavy atom. The minimum atomic E-state index is 0.450. The van der Waals surface area contributed by atoms with Crippen LogP contribution < -0.4 is 5.32 Å². The van der Waals surface area contributed by atoms with Gasteiger partial charge in [0.25, 0.3) is 0 Å². The predicted octanol–water partition coefficient (Wildman–Crippen LogP) is 4.72. The lowest BCUT2D eigenvalue weighted by atomic mass is 10.3. The van der Waals surface area contributed by atoms with Gasteiger partial charge in [-0.3, -0.25) is 0 Å².